The molecular weight excluding hydrogens is 509 g/mol. The maximum Gasteiger partial charge on any atom is 0.244 e. The van der Waals surface area contributed by atoms with E-state index >= 15 is 0 Å². The Morgan fingerprint density at radius 3 is 2.31 bits per heavy atom. The Bertz CT molecular complexity index is 1140. The zero-order valence-corrected chi connectivity index (χ0v) is 22.2. The number of amides is 2. The van der Waals surface area contributed by atoms with Gasteiger partial charge in [-0.25, -0.2) is 8.42 Å². The maximum absolute atomic E-state index is 13.6. The molecule has 0 aliphatic heterocycles. The fourth-order valence-corrected chi connectivity index (χ4v) is 5.51. The summed E-state index contributed by atoms with van der Waals surface area (Å²) in [7, 11) is -3.76. The number of para-hydroxylation sites is 1. The molecule has 1 aliphatic rings. The summed E-state index contributed by atoms with van der Waals surface area (Å²) in [5, 5.41) is 3.87. The van der Waals surface area contributed by atoms with E-state index in [1.165, 1.54) is 4.90 Å². The van der Waals surface area contributed by atoms with Gasteiger partial charge in [-0.3, -0.25) is 13.9 Å². The lowest BCUT2D eigenvalue weighted by Gasteiger charge is -2.33. The highest BCUT2D eigenvalue weighted by Crippen LogP contribution is 2.25. The van der Waals surface area contributed by atoms with Crippen LogP contribution in [0, 0.1) is 0 Å². The first-order valence-electron chi connectivity index (χ1n) is 11.6. The van der Waals surface area contributed by atoms with Crippen molar-refractivity contribution in [3.05, 3.63) is 64.1 Å². The van der Waals surface area contributed by atoms with Gasteiger partial charge in [-0.05, 0) is 49.6 Å². The average molecular weight is 541 g/mol. The van der Waals surface area contributed by atoms with E-state index < -0.39 is 28.5 Å². The van der Waals surface area contributed by atoms with E-state index in [-0.39, 0.29) is 18.5 Å². The monoisotopic (exact) mass is 539 g/mol. The number of rotatable bonds is 9. The number of anilines is 1. The normalized spacial score (nSPS) is 15.3. The van der Waals surface area contributed by atoms with Crippen molar-refractivity contribution in [2.75, 3.05) is 17.1 Å². The molecule has 1 saturated carbocycles. The van der Waals surface area contributed by atoms with E-state index in [4.69, 9.17) is 23.2 Å². The summed E-state index contributed by atoms with van der Waals surface area (Å²) in [6.07, 6.45) is 6.14. The van der Waals surface area contributed by atoms with Crippen LogP contribution in [0.25, 0.3) is 0 Å². The topological polar surface area (TPSA) is 86.8 Å². The molecule has 2 aromatic rings. The van der Waals surface area contributed by atoms with Gasteiger partial charge in [0, 0.05) is 22.6 Å². The molecule has 0 aromatic heterocycles. The average Bonchev–Trinajstić information content (AvgIpc) is 2.82. The number of sulfonamides is 1. The molecule has 1 fully saturated rings. The zero-order valence-electron chi connectivity index (χ0n) is 19.9. The second kappa shape index (κ2) is 12.1. The van der Waals surface area contributed by atoms with Gasteiger partial charge in [0.15, 0.2) is 0 Å². The molecule has 3 rings (SSSR count). The molecule has 1 atom stereocenters. The summed E-state index contributed by atoms with van der Waals surface area (Å²) in [5.41, 5.74) is 0.972. The molecule has 0 bridgehead atoms. The first kappa shape index (κ1) is 27.3. The lowest BCUT2D eigenvalue weighted by Crippen LogP contribution is -2.53. The highest BCUT2D eigenvalue weighted by atomic mass is 35.5. The van der Waals surface area contributed by atoms with Crippen LogP contribution in [0.4, 0.5) is 5.69 Å². The van der Waals surface area contributed by atoms with Crippen LogP contribution >= 0.6 is 23.2 Å². The minimum absolute atomic E-state index is 0.0283. The van der Waals surface area contributed by atoms with Crippen molar-refractivity contribution in [2.24, 2.45) is 0 Å². The molecule has 190 valence electrons. The quantitative estimate of drug-likeness (QED) is 0.503. The van der Waals surface area contributed by atoms with E-state index in [2.05, 4.69) is 5.32 Å². The number of carbonyl (C=O) groups excluding carboxylic acids is 2. The van der Waals surface area contributed by atoms with Crippen LogP contribution in [0.3, 0.4) is 0 Å². The van der Waals surface area contributed by atoms with Crippen molar-refractivity contribution in [2.45, 2.75) is 57.7 Å². The maximum atomic E-state index is 13.6. The summed E-state index contributed by atoms with van der Waals surface area (Å²) in [5.74, 6) is -0.794. The number of nitrogens with zero attached hydrogens (tertiary/aromatic N) is 2. The largest absolute Gasteiger partial charge is 0.352 e. The van der Waals surface area contributed by atoms with Gasteiger partial charge in [0.25, 0.3) is 0 Å². The number of hydrogen-bond acceptors (Lipinski definition) is 4. The van der Waals surface area contributed by atoms with Gasteiger partial charge >= 0.3 is 0 Å². The Hall–Kier alpha value is -2.29. The van der Waals surface area contributed by atoms with E-state index in [1.54, 1.807) is 55.5 Å². The summed E-state index contributed by atoms with van der Waals surface area (Å²) < 4.78 is 26.1. The van der Waals surface area contributed by atoms with Crippen molar-refractivity contribution >= 4 is 50.7 Å². The van der Waals surface area contributed by atoms with Crippen LogP contribution in [0.2, 0.25) is 10.0 Å². The van der Waals surface area contributed by atoms with Gasteiger partial charge in [0.1, 0.15) is 12.6 Å². The third-order valence-corrected chi connectivity index (χ3v) is 7.93. The summed E-state index contributed by atoms with van der Waals surface area (Å²) in [4.78, 5) is 28.1. The van der Waals surface area contributed by atoms with Crippen LogP contribution in [-0.4, -0.2) is 50.0 Å². The van der Waals surface area contributed by atoms with Crippen molar-refractivity contribution in [1.29, 1.82) is 0 Å². The minimum atomic E-state index is -3.76. The highest BCUT2D eigenvalue weighted by Gasteiger charge is 2.31. The van der Waals surface area contributed by atoms with Gasteiger partial charge in [0.2, 0.25) is 21.8 Å². The number of hydrogen-bond donors (Lipinski definition) is 1. The summed E-state index contributed by atoms with van der Waals surface area (Å²) in [6, 6.07) is 12.6. The van der Waals surface area contributed by atoms with Crippen molar-refractivity contribution in [3.8, 4) is 0 Å². The molecule has 1 aliphatic carbocycles. The third-order valence-electron chi connectivity index (χ3n) is 6.20. The fourth-order valence-electron chi connectivity index (χ4n) is 4.19. The molecule has 0 saturated heterocycles. The molecule has 0 spiro atoms. The van der Waals surface area contributed by atoms with Crippen LogP contribution in [0.1, 0.15) is 44.6 Å². The van der Waals surface area contributed by atoms with E-state index in [0.717, 1.165) is 42.7 Å². The van der Waals surface area contributed by atoms with Crippen molar-refractivity contribution in [3.63, 3.8) is 0 Å². The molecule has 10 heteroatoms. The lowest BCUT2D eigenvalue weighted by molar-refractivity contribution is -0.139. The van der Waals surface area contributed by atoms with Gasteiger partial charge in [-0.2, -0.15) is 0 Å². The Labute approximate surface area is 217 Å². The number of carbonyl (C=O) groups is 2. The van der Waals surface area contributed by atoms with Gasteiger partial charge < -0.3 is 10.2 Å². The van der Waals surface area contributed by atoms with Crippen LogP contribution in [0.5, 0.6) is 0 Å². The molecule has 7 nitrogen and oxygen atoms in total. The molecule has 0 unspecified atom stereocenters. The number of benzene rings is 2. The number of halogens is 2. The molecule has 0 heterocycles. The Morgan fingerprint density at radius 1 is 1.06 bits per heavy atom. The van der Waals surface area contributed by atoms with Crippen LogP contribution in [-0.2, 0) is 26.2 Å². The molecule has 2 aromatic carbocycles. The second-order valence-electron chi connectivity index (χ2n) is 8.88. The minimum Gasteiger partial charge on any atom is -0.352 e. The molecular formula is C25H31Cl2N3O4S. The van der Waals surface area contributed by atoms with Gasteiger partial charge in [-0.1, -0.05) is 66.7 Å². The van der Waals surface area contributed by atoms with E-state index in [1.807, 2.05) is 0 Å². The Kier molecular flexibility index (Phi) is 9.44. The van der Waals surface area contributed by atoms with Crippen molar-refractivity contribution < 1.29 is 18.0 Å². The van der Waals surface area contributed by atoms with Crippen molar-refractivity contribution in [1.82, 2.24) is 10.2 Å². The molecule has 0 radical (unpaired) electrons. The van der Waals surface area contributed by atoms with E-state index in [0.29, 0.717) is 21.3 Å². The lowest BCUT2D eigenvalue weighted by atomic mass is 9.95. The number of nitrogens with one attached hydrogen (secondary N) is 1. The van der Waals surface area contributed by atoms with Gasteiger partial charge in [-0.15, -0.1) is 0 Å². The standard InChI is InChI=1S/C25H31Cl2N3O4S/c1-18(25(32)28-21-9-5-3-6-10-21)29(16-19-13-14-20(26)15-23(19)27)24(31)17-30(35(2,33)34)22-11-7-4-8-12-22/h4,7-8,11-15,18,21H,3,5-6,9-10,16-17H2,1-2H3,(H,28,32)/t18-/m0/s1. The molecule has 35 heavy (non-hydrogen) atoms. The fraction of sp³-hybridized carbons (Fsp3) is 0.440. The van der Waals surface area contributed by atoms with E-state index in [9.17, 15) is 18.0 Å². The summed E-state index contributed by atoms with van der Waals surface area (Å²) in [6.45, 7) is 1.22. The van der Waals surface area contributed by atoms with Crippen LogP contribution in [0.15, 0.2) is 48.5 Å². The second-order valence-corrected chi connectivity index (χ2v) is 11.6. The first-order chi connectivity index (χ1) is 16.6. The molecule has 2 amide bonds. The highest BCUT2D eigenvalue weighted by molar-refractivity contribution is 7.92. The van der Waals surface area contributed by atoms with Gasteiger partial charge in [0.05, 0.1) is 11.9 Å². The third kappa shape index (κ3) is 7.59. The Balaban J connectivity index is 1.88. The Morgan fingerprint density at radius 2 is 1.71 bits per heavy atom. The first-order valence-corrected chi connectivity index (χ1v) is 14.2. The zero-order chi connectivity index (χ0) is 25.6. The predicted molar refractivity (Wildman–Crippen MR) is 140 cm³/mol. The summed E-state index contributed by atoms with van der Waals surface area (Å²) >= 11 is 12.4. The SMILES string of the molecule is C[C@@H](C(=O)NC1CCCCC1)N(Cc1ccc(Cl)cc1Cl)C(=O)CN(c1ccccc1)S(C)(=O)=O. The predicted octanol–water partition coefficient (Wildman–Crippen LogP) is 4.63. The van der Waals surface area contributed by atoms with Crippen LogP contribution < -0.4 is 9.62 Å². The molecule has 1 N–H and O–H groups in total. The smallest absolute Gasteiger partial charge is 0.244 e.